The van der Waals surface area contributed by atoms with Crippen molar-refractivity contribution in [2.45, 2.75) is 44.8 Å². The Morgan fingerprint density at radius 2 is 1.96 bits per heavy atom. The summed E-state index contributed by atoms with van der Waals surface area (Å²) in [5, 5.41) is 0.868. The highest BCUT2D eigenvalue weighted by atomic mass is 32.2. The van der Waals surface area contributed by atoms with Gasteiger partial charge in [0.15, 0.2) is 5.17 Å². The van der Waals surface area contributed by atoms with E-state index in [0.29, 0.717) is 12.5 Å². The molecule has 5 rings (SSSR count). The highest BCUT2D eigenvalue weighted by Gasteiger charge is 2.43. The number of carbonyl (C=O) groups excluding carboxylic acids is 1. The van der Waals surface area contributed by atoms with E-state index in [0.717, 1.165) is 62.1 Å². The number of thioether (sulfide) groups is 1. The summed E-state index contributed by atoms with van der Waals surface area (Å²) in [5.74, 6) is 0.384. The third-order valence-electron chi connectivity index (χ3n) is 6.63. The van der Waals surface area contributed by atoms with Gasteiger partial charge < -0.3 is 14.4 Å². The van der Waals surface area contributed by atoms with Crippen molar-refractivity contribution >= 4 is 22.8 Å². The second-order valence-corrected chi connectivity index (χ2v) is 9.11. The molecule has 148 valence electrons. The van der Waals surface area contributed by atoms with Crippen molar-refractivity contribution in [3.05, 3.63) is 45.9 Å². The van der Waals surface area contributed by atoms with E-state index in [1.165, 1.54) is 16.7 Å². The van der Waals surface area contributed by atoms with Crippen molar-refractivity contribution in [3.63, 3.8) is 0 Å². The van der Waals surface area contributed by atoms with Crippen molar-refractivity contribution in [2.24, 2.45) is 10.9 Å². The molecule has 0 unspecified atom stereocenters. The molecule has 1 aromatic carbocycles. The van der Waals surface area contributed by atoms with Gasteiger partial charge in [0.1, 0.15) is 0 Å². The van der Waals surface area contributed by atoms with E-state index in [2.05, 4.69) is 41.1 Å². The number of likely N-dealkylation sites (tertiary alicyclic amines) is 1. The van der Waals surface area contributed by atoms with Crippen molar-refractivity contribution in [1.82, 2.24) is 4.90 Å². The van der Waals surface area contributed by atoms with Crippen LogP contribution in [0.15, 0.2) is 39.7 Å². The van der Waals surface area contributed by atoms with Gasteiger partial charge in [-0.25, -0.2) is 0 Å². The lowest BCUT2D eigenvalue weighted by Crippen LogP contribution is -2.44. The number of hydrogen-bond donors (Lipinski definition) is 0. The van der Waals surface area contributed by atoms with Crippen LogP contribution >= 0.6 is 11.8 Å². The maximum Gasteiger partial charge on any atom is 0.286 e. The van der Waals surface area contributed by atoms with Crippen LogP contribution in [0, 0.1) is 5.92 Å². The summed E-state index contributed by atoms with van der Waals surface area (Å²) in [6.45, 7) is 6.13. The number of amidine groups is 1. The SMILES string of the molecule is C/C(=C1\SC(N2CCC3(CC2)OCc2ccccc23)=NC1=O)C1CCOCC1. The van der Waals surface area contributed by atoms with Crippen LogP contribution in [0.2, 0.25) is 0 Å². The molecule has 2 saturated heterocycles. The predicted octanol–water partition coefficient (Wildman–Crippen LogP) is 3.84. The first-order valence-electron chi connectivity index (χ1n) is 10.2. The molecule has 0 saturated carbocycles. The summed E-state index contributed by atoms with van der Waals surface area (Å²) < 4.78 is 11.7. The van der Waals surface area contributed by atoms with E-state index in [-0.39, 0.29) is 11.5 Å². The van der Waals surface area contributed by atoms with Gasteiger partial charge in [-0.1, -0.05) is 29.8 Å². The molecular formula is C22H26N2O3S. The molecule has 0 aliphatic carbocycles. The first kappa shape index (κ1) is 18.4. The number of carbonyl (C=O) groups is 1. The Kier molecular flexibility index (Phi) is 4.81. The number of allylic oxidation sites excluding steroid dienone is 1. The van der Waals surface area contributed by atoms with Crippen molar-refractivity contribution in [3.8, 4) is 0 Å². The molecule has 28 heavy (non-hydrogen) atoms. The maximum atomic E-state index is 12.6. The van der Waals surface area contributed by atoms with Gasteiger partial charge in [-0.2, -0.15) is 4.99 Å². The number of hydrogen-bond acceptors (Lipinski definition) is 5. The van der Waals surface area contributed by atoms with Crippen LogP contribution in [-0.4, -0.2) is 42.3 Å². The molecule has 0 aromatic heterocycles. The number of aliphatic imine (C=N–C) groups is 1. The molecule has 0 radical (unpaired) electrons. The lowest BCUT2D eigenvalue weighted by atomic mass is 9.84. The largest absolute Gasteiger partial charge is 0.381 e. The van der Waals surface area contributed by atoms with Gasteiger partial charge >= 0.3 is 0 Å². The first-order valence-corrected chi connectivity index (χ1v) is 11.0. The molecule has 2 fully saturated rings. The van der Waals surface area contributed by atoms with Crippen LogP contribution in [0.1, 0.15) is 43.7 Å². The molecule has 4 aliphatic heterocycles. The molecule has 0 bridgehead atoms. The van der Waals surface area contributed by atoms with Crippen LogP contribution in [0.25, 0.3) is 0 Å². The normalized spacial score (nSPS) is 26.5. The van der Waals surface area contributed by atoms with Crippen LogP contribution in [0.3, 0.4) is 0 Å². The molecule has 0 N–H and O–H groups in total. The van der Waals surface area contributed by atoms with E-state index in [1.54, 1.807) is 11.8 Å². The maximum absolute atomic E-state index is 12.6. The van der Waals surface area contributed by atoms with E-state index in [9.17, 15) is 4.79 Å². The van der Waals surface area contributed by atoms with Crippen molar-refractivity contribution in [2.75, 3.05) is 26.3 Å². The monoisotopic (exact) mass is 398 g/mol. The molecule has 4 heterocycles. The average molecular weight is 399 g/mol. The smallest absolute Gasteiger partial charge is 0.286 e. The summed E-state index contributed by atoms with van der Waals surface area (Å²) in [4.78, 5) is 20.1. The molecule has 4 aliphatic rings. The highest BCUT2D eigenvalue weighted by molar-refractivity contribution is 8.18. The predicted molar refractivity (Wildman–Crippen MR) is 110 cm³/mol. The second kappa shape index (κ2) is 7.32. The molecule has 0 atom stereocenters. The topological polar surface area (TPSA) is 51.1 Å². The number of rotatable bonds is 1. The lowest BCUT2D eigenvalue weighted by molar-refractivity contribution is -0.113. The van der Waals surface area contributed by atoms with Gasteiger partial charge in [-0.05, 0) is 61.4 Å². The summed E-state index contributed by atoms with van der Waals surface area (Å²) in [5.41, 5.74) is 3.70. The molecular weight excluding hydrogens is 372 g/mol. The second-order valence-electron chi connectivity index (χ2n) is 8.13. The van der Waals surface area contributed by atoms with Crippen LogP contribution in [0.5, 0.6) is 0 Å². The first-order chi connectivity index (χ1) is 13.7. The minimum absolute atomic E-state index is 0.0632. The van der Waals surface area contributed by atoms with Crippen molar-refractivity contribution in [1.29, 1.82) is 0 Å². The standard InChI is InChI=1S/C22H26N2O3S/c1-15(16-6-12-26-13-7-16)19-20(25)23-21(28-19)24-10-8-22(9-11-24)18-5-3-2-4-17(18)14-27-22/h2-5,16H,6-14H2,1H3/b19-15+. The Labute approximate surface area is 170 Å². The minimum Gasteiger partial charge on any atom is -0.381 e. The fourth-order valence-corrected chi connectivity index (χ4v) is 5.94. The number of fused-ring (bicyclic) bond motifs is 2. The summed E-state index contributed by atoms with van der Waals surface area (Å²) in [7, 11) is 0. The molecule has 5 nitrogen and oxygen atoms in total. The number of piperidine rings is 1. The van der Waals surface area contributed by atoms with Gasteiger partial charge in [0, 0.05) is 26.3 Å². The van der Waals surface area contributed by atoms with E-state index in [4.69, 9.17) is 9.47 Å². The zero-order valence-electron chi connectivity index (χ0n) is 16.3. The Morgan fingerprint density at radius 3 is 2.75 bits per heavy atom. The third-order valence-corrected chi connectivity index (χ3v) is 7.86. The van der Waals surface area contributed by atoms with Crippen molar-refractivity contribution < 1.29 is 14.3 Å². The fourth-order valence-electron chi connectivity index (χ4n) is 4.85. The van der Waals surface area contributed by atoms with Crippen LogP contribution in [-0.2, 0) is 26.5 Å². The number of amides is 1. The zero-order chi connectivity index (χ0) is 19.1. The average Bonchev–Trinajstić information content (AvgIpc) is 3.30. The minimum atomic E-state index is -0.155. The Hall–Kier alpha value is -1.63. The van der Waals surface area contributed by atoms with E-state index >= 15 is 0 Å². The quantitative estimate of drug-likeness (QED) is 0.673. The highest BCUT2D eigenvalue weighted by Crippen LogP contribution is 2.45. The lowest BCUT2D eigenvalue weighted by Gasteiger charge is -2.39. The summed E-state index contributed by atoms with van der Waals surface area (Å²) in [6, 6.07) is 8.57. The third kappa shape index (κ3) is 3.11. The zero-order valence-corrected chi connectivity index (χ0v) is 17.1. The van der Waals surface area contributed by atoms with Crippen LogP contribution in [0.4, 0.5) is 0 Å². The Balaban J connectivity index is 1.28. The van der Waals surface area contributed by atoms with Gasteiger partial charge in [0.05, 0.1) is 17.1 Å². The van der Waals surface area contributed by atoms with E-state index in [1.807, 2.05) is 0 Å². The molecule has 1 amide bonds. The van der Waals surface area contributed by atoms with Gasteiger partial charge in [-0.15, -0.1) is 0 Å². The molecule has 1 spiro atoms. The van der Waals surface area contributed by atoms with E-state index < -0.39 is 0 Å². The number of ether oxygens (including phenoxy) is 2. The van der Waals surface area contributed by atoms with Gasteiger partial charge in [0.2, 0.25) is 0 Å². The Bertz CT molecular complexity index is 849. The number of benzene rings is 1. The summed E-state index contributed by atoms with van der Waals surface area (Å²) >= 11 is 1.57. The number of nitrogens with zero attached hydrogens (tertiary/aromatic N) is 2. The molecule has 6 heteroatoms. The molecule has 1 aromatic rings. The Morgan fingerprint density at radius 1 is 1.21 bits per heavy atom. The fraction of sp³-hybridized carbons (Fsp3) is 0.545. The van der Waals surface area contributed by atoms with Gasteiger partial charge in [0.25, 0.3) is 5.91 Å². The summed E-state index contributed by atoms with van der Waals surface area (Å²) in [6.07, 6.45) is 3.88. The van der Waals surface area contributed by atoms with Gasteiger partial charge in [-0.3, -0.25) is 4.79 Å². The van der Waals surface area contributed by atoms with Crippen LogP contribution < -0.4 is 0 Å².